The molecule has 0 bridgehead atoms. The number of alkyl halides is 2. The summed E-state index contributed by atoms with van der Waals surface area (Å²) < 4.78 is 31.4. The van der Waals surface area contributed by atoms with Crippen molar-refractivity contribution in [3.8, 4) is 5.75 Å². The average Bonchev–Trinajstić information content (AvgIpc) is 3.11. The standard InChI is InChI=1S/C25H25F2NO/c1-14-7-8-17-9-10-18-11-12-20(23(18)21(17)13-14)24-19(15(2)16(3)28)5-4-6-22(24)29-25(26)27/h4-9,13,15,20,23,25,28H,11-12H2,1-3H3. The van der Waals surface area contributed by atoms with Gasteiger partial charge in [0.25, 0.3) is 0 Å². The lowest BCUT2D eigenvalue weighted by molar-refractivity contribution is -0.0507. The first-order valence-corrected chi connectivity index (χ1v) is 10.1. The zero-order valence-corrected chi connectivity index (χ0v) is 16.9. The summed E-state index contributed by atoms with van der Waals surface area (Å²) in [6.45, 7) is 2.92. The maximum Gasteiger partial charge on any atom is 0.387 e. The number of hydrogen-bond acceptors (Lipinski definition) is 2. The van der Waals surface area contributed by atoms with E-state index in [4.69, 9.17) is 10.1 Å². The van der Waals surface area contributed by atoms with Crippen LogP contribution in [0, 0.1) is 12.3 Å². The largest absolute Gasteiger partial charge is 0.435 e. The molecule has 2 aliphatic rings. The number of aryl methyl sites for hydroxylation is 1. The molecule has 2 aromatic carbocycles. The quantitative estimate of drug-likeness (QED) is 0.432. The van der Waals surface area contributed by atoms with Gasteiger partial charge in [0, 0.05) is 23.1 Å². The summed E-state index contributed by atoms with van der Waals surface area (Å²) in [7, 11) is 0. The number of hydrogen-bond donors (Lipinski definition) is 1. The van der Waals surface area contributed by atoms with Crippen molar-refractivity contribution in [1.82, 2.24) is 0 Å². The molecular weight excluding hydrogens is 368 g/mol. The van der Waals surface area contributed by atoms with Crippen LogP contribution in [0.3, 0.4) is 0 Å². The number of fused-ring (bicyclic) bond motifs is 3. The van der Waals surface area contributed by atoms with Gasteiger partial charge in [0.1, 0.15) is 5.75 Å². The molecule has 0 aliphatic heterocycles. The molecule has 2 aliphatic carbocycles. The summed E-state index contributed by atoms with van der Waals surface area (Å²) in [4.78, 5) is 0. The minimum absolute atomic E-state index is 0.0264. The third-order valence-corrected chi connectivity index (χ3v) is 6.30. The van der Waals surface area contributed by atoms with Gasteiger partial charge in [0.15, 0.2) is 0 Å². The summed E-state index contributed by atoms with van der Waals surface area (Å²) in [5.41, 5.74) is 10.5. The van der Waals surface area contributed by atoms with Gasteiger partial charge in [-0.3, -0.25) is 0 Å². The minimum Gasteiger partial charge on any atom is -0.435 e. The Labute approximate surface area is 170 Å². The zero-order chi connectivity index (χ0) is 20.7. The Bertz CT molecular complexity index is 1030. The van der Waals surface area contributed by atoms with Gasteiger partial charge in [-0.05, 0) is 67.0 Å². The second-order valence-electron chi connectivity index (χ2n) is 8.11. The third kappa shape index (κ3) is 3.54. The maximum atomic E-state index is 13.2. The Morgan fingerprint density at radius 1 is 1.24 bits per heavy atom. The van der Waals surface area contributed by atoms with Crippen molar-refractivity contribution in [3.05, 3.63) is 75.5 Å². The molecular formula is C25H25F2NO. The molecule has 0 spiro atoms. The average molecular weight is 393 g/mol. The molecule has 29 heavy (non-hydrogen) atoms. The first kappa shape index (κ1) is 19.6. The van der Waals surface area contributed by atoms with E-state index in [-0.39, 0.29) is 23.5 Å². The SMILES string of the molecule is CC(=N)C(C)c1cccc(OC(F)F)c1C1CCC2=C=Cc3ccc(C)cc3C21. The Balaban J connectivity index is 1.90. The van der Waals surface area contributed by atoms with E-state index in [1.807, 2.05) is 19.1 Å². The number of halogens is 2. The van der Waals surface area contributed by atoms with Crippen molar-refractivity contribution in [2.75, 3.05) is 0 Å². The predicted molar refractivity (Wildman–Crippen MR) is 112 cm³/mol. The van der Waals surface area contributed by atoms with Gasteiger partial charge < -0.3 is 10.1 Å². The fourth-order valence-corrected chi connectivity index (χ4v) is 4.79. The van der Waals surface area contributed by atoms with Crippen LogP contribution in [-0.4, -0.2) is 12.3 Å². The summed E-state index contributed by atoms with van der Waals surface area (Å²) in [5, 5.41) is 8.13. The highest BCUT2D eigenvalue weighted by Gasteiger charge is 2.39. The molecule has 0 aromatic heterocycles. The molecule has 1 fully saturated rings. The second kappa shape index (κ2) is 7.61. The summed E-state index contributed by atoms with van der Waals surface area (Å²) in [6.07, 6.45) is 3.78. The molecule has 3 unspecified atom stereocenters. The molecule has 1 N–H and O–H groups in total. The molecule has 0 heterocycles. The van der Waals surface area contributed by atoms with Crippen molar-refractivity contribution < 1.29 is 13.5 Å². The van der Waals surface area contributed by atoms with Crippen LogP contribution in [0.2, 0.25) is 0 Å². The Kier molecular flexibility index (Phi) is 5.14. The van der Waals surface area contributed by atoms with Crippen LogP contribution in [0.15, 0.2) is 47.7 Å². The topological polar surface area (TPSA) is 33.1 Å². The highest BCUT2D eigenvalue weighted by molar-refractivity contribution is 5.86. The number of nitrogens with one attached hydrogen (secondary N) is 1. The van der Waals surface area contributed by atoms with Crippen LogP contribution in [0.5, 0.6) is 5.75 Å². The summed E-state index contributed by atoms with van der Waals surface area (Å²) in [6, 6.07) is 11.7. The normalized spacial score (nSPS) is 20.8. The van der Waals surface area contributed by atoms with Gasteiger partial charge in [-0.2, -0.15) is 8.78 Å². The lowest BCUT2D eigenvalue weighted by atomic mass is 9.75. The van der Waals surface area contributed by atoms with Crippen LogP contribution >= 0.6 is 0 Å². The highest BCUT2D eigenvalue weighted by Crippen LogP contribution is 2.54. The lowest BCUT2D eigenvalue weighted by Gasteiger charge is -2.29. The molecule has 0 amide bonds. The van der Waals surface area contributed by atoms with Gasteiger partial charge in [0.05, 0.1) is 0 Å². The second-order valence-corrected chi connectivity index (χ2v) is 8.11. The molecule has 3 atom stereocenters. The molecule has 0 saturated heterocycles. The van der Waals surface area contributed by atoms with Crippen LogP contribution in [0.1, 0.15) is 72.3 Å². The van der Waals surface area contributed by atoms with Crippen molar-refractivity contribution in [3.63, 3.8) is 0 Å². The molecule has 0 radical (unpaired) electrons. The van der Waals surface area contributed by atoms with Crippen LogP contribution in [-0.2, 0) is 0 Å². The summed E-state index contributed by atoms with van der Waals surface area (Å²) in [5.74, 6) is 0.212. The van der Waals surface area contributed by atoms with Gasteiger partial charge in [-0.25, -0.2) is 0 Å². The van der Waals surface area contributed by atoms with E-state index in [0.29, 0.717) is 5.71 Å². The number of rotatable bonds is 5. The number of allylic oxidation sites excluding steroid dienone is 1. The van der Waals surface area contributed by atoms with Crippen molar-refractivity contribution in [2.24, 2.45) is 0 Å². The third-order valence-electron chi connectivity index (χ3n) is 6.30. The lowest BCUT2D eigenvalue weighted by Crippen LogP contribution is -2.17. The Hall–Kier alpha value is -2.71. The molecule has 2 nitrogen and oxygen atoms in total. The van der Waals surface area contributed by atoms with Gasteiger partial charge in [0.2, 0.25) is 0 Å². The van der Waals surface area contributed by atoms with E-state index in [9.17, 15) is 8.78 Å². The predicted octanol–water partition coefficient (Wildman–Crippen LogP) is 6.95. The minimum atomic E-state index is -2.88. The Morgan fingerprint density at radius 3 is 2.76 bits per heavy atom. The van der Waals surface area contributed by atoms with Gasteiger partial charge in [-0.15, -0.1) is 5.73 Å². The fraction of sp³-hybridized carbons (Fsp3) is 0.360. The van der Waals surface area contributed by atoms with Crippen LogP contribution in [0.4, 0.5) is 8.78 Å². The summed E-state index contributed by atoms with van der Waals surface area (Å²) >= 11 is 0. The van der Waals surface area contributed by atoms with Crippen molar-refractivity contribution in [1.29, 1.82) is 5.41 Å². The fourth-order valence-electron chi connectivity index (χ4n) is 4.79. The van der Waals surface area contributed by atoms with Gasteiger partial charge in [-0.1, -0.05) is 42.8 Å². The van der Waals surface area contributed by atoms with E-state index in [1.165, 1.54) is 16.7 Å². The van der Waals surface area contributed by atoms with E-state index in [1.54, 1.807) is 19.1 Å². The van der Waals surface area contributed by atoms with E-state index in [0.717, 1.165) is 29.5 Å². The van der Waals surface area contributed by atoms with E-state index < -0.39 is 6.61 Å². The molecule has 2 aromatic rings. The first-order valence-electron chi connectivity index (χ1n) is 10.1. The first-order chi connectivity index (χ1) is 13.9. The molecule has 1 saturated carbocycles. The van der Waals surface area contributed by atoms with Crippen LogP contribution < -0.4 is 4.74 Å². The molecule has 150 valence electrons. The van der Waals surface area contributed by atoms with E-state index in [2.05, 4.69) is 30.9 Å². The van der Waals surface area contributed by atoms with Crippen molar-refractivity contribution >= 4 is 11.8 Å². The molecule has 4 heteroatoms. The maximum absolute atomic E-state index is 13.2. The monoisotopic (exact) mass is 393 g/mol. The Morgan fingerprint density at radius 2 is 2.03 bits per heavy atom. The number of benzene rings is 2. The zero-order valence-electron chi connectivity index (χ0n) is 16.9. The molecule has 4 rings (SSSR count). The van der Waals surface area contributed by atoms with Crippen LogP contribution in [0.25, 0.3) is 6.08 Å². The smallest absolute Gasteiger partial charge is 0.387 e. The number of ether oxygens (including phenoxy) is 1. The van der Waals surface area contributed by atoms with E-state index >= 15 is 0 Å². The van der Waals surface area contributed by atoms with Gasteiger partial charge >= 0.3 is 6.61 Å². The highest BCUT2D eigenvalue weighted by atomic mass is 19.3. The van der Waals surface area contributed by atoms with Crippen molar-refractivity contribution in [2.45, 2.75) is 58.0 Å².